The van der Waals surface area contributed by atoms with E-state index in [0.717, 1.165) is 0 Å². The number of nitrogens with one attached hydrogen (secondary N) is 1. The number of carbonyl (C=O) groups excluding carboxylic acids is 2. The van der Waals surface area contributed by atoms with E-state index in [4.69, 9.17) is 5.11 Å². The van der Waals surface area contributed by atoms with Gasteiger partial charge in [-0.15, -0.1) is 0 Å². The zero-order valence-electron chi connectivity index (χ0n) is 11.2. The number of amides is 2. The third-order valence-electron chi connectivity index (χ3n) is 3.28. The van der Waals surface area contributed by atoms with Crippen LogP contribution in [-0.4, -0.2) is 36.0 Å². The number of carbonyl (C=O) groups is 3. The Balaban J connectivity index is 1.98. The molecule has 2 amide bonds. The van der Waals surface area contributed by atoms with Gasteiger partial charge in [0.2, 0.25) is 11.8 Å². The van der Waals surface area contributed by atoms with Crippen molar-refractivity contribution in [3.63, 3.8) is 0 Å². The van der Waals surface area contributed by atoms with E-state index in [2.05, 4.69) is 5.32 Å². The number of rotatable bonds is 5. The van der Waals surface area contributed by atoms with E-state index in [1.54, 1.807) is 6.07 Å². The average Bonchev–Trinajstić information content (AvgIpc) is 2.81. The van der Waals surface area contributed by atoms with Crippen molar-refractivity contribution in [1.29, 1.82) is 0 Å². The van der Waals surface area contributed by atoms with Crippen LogP contribution in [0.25, 0.3) is 0 Å². The second-order valence-corrected chi connectivity index (χ2v) is 4.79. The molecule has 21 heavy (non-hydrogen) atoms. The van der Waals surface area contributed by atoms with Crippen LogP contribution in [0.15, 0.2) is 24.3 Å². The number of nitrogens with zero attached hydrogens (tertiary/aromatic N) is 1. The summed E-state index contributed by atoms with van der Waals surface area (Å²) >= 11 is 0. The standard InChI is InChI=1S/C14H15FN2O4/c15-10-3-1-2-4-11(10)17-8-9(7-12(17)18)14(21)16-6-5-13(19)20/h1-4,9H,5-8H2,(H,16,21)(H,19,20). The van der Waals surface area contributed by atoms with Crippen LogP contribution >= 0.6 is 0 Å². The summed E-state index contributed by atoms with van der Waals surface area (Å²) in [5.74, 6) is -2.82. The van der Waals surface area contributed by atoms with Gasteiger partial charge in [-0.3, -0.25) is 14.4 Å². The van der Waals surface area contributed by atoms with Gasteiger partial charge >= 0.3 is 5.97 Å². The smallest absolute Gasteiger partial charge is 0.305 e. The van der Waals surface area contributed by atoms with Crippen LogP contribution in [0.3, 0.4) is 0 Å². The fraction of sp³-hybridized carbons (Fsp3) is 0.357. The van der Waals surface area contributed by atoms with Crippen molar-refractivity contribution in [1.82, 2.24) is 5.32 Å². The fourth-order valence-electron chi connectivity index (χ4n) is 2.22. The molecule has 1 aromatic carbocycles. The molecule has 0 radical (unpaired) electrons. The van der Waals surface area contributed by atoms with Gasteiger partial charge in [-0.05, 0) is 12.1 Å². The van der Waals surface area contributed by atoms with Crippen LogP contribution in [0.2, 0.25) is 0 Å². The highest BCUT2D eigenvalue weighted by atomic mass is 19.1. The second kappa shape index (κ2) is 6.34. The van der Waals surface area contributed by atoms with Gasteiger partial charge in [0.15, 0.2) is 0 Å². The van der Waals surface area contributed by atoms with Gasteiger partial charge in [0.25, 0.3) is 0 Å². The van der Waals surface area contributed by atoms with Crippen LogP contribution < -0.4 is 10.2 Å². The van der Waals surface area contributed by atoms with E-state index in [1.165, 1.54) is 23.1 Å². The molecule has 7 heteroatoms. The Morgan fingerprint density at radius 3 is 2.76 bits per heavy atom. The van der Waals surface area contributed by atoms with Crippen molar-refractivity contribution in [2.24, 2.45) is 5.92 Å². The molecule has 112 valence electrons. The molecule has 2 N–H and O–H groups in total. The molecule has 1 unspecified atom stereocenters. The number of hydrogen-bond acceptors (Lipinski definition) is 3. The fourth-order valence-corrected chi connectivity index (χ4v) is 2.22. The topological polar surface area (TPSA) is 86.7 Å². The Morgan fingerprint density at radius 1 is 1.38 bits per heavy atom. The summed E-state index contributed by atoms with van der Waals surface area (Å²) < 4.78 is 13.7. The largest absolute Gasteiger partial charge is 0.481 e. The van der Waals surface area contributed by atoms with Crippen molar-refractivity contribution in [3.8, 4) is 0 Å². The molecule has 1 aromatic rings. The maximum atomic E-state index is 13.7. The van der Waals surface area contributed by atoms with Crippen molar-refractivity contribution in [2.45, 2.75) is 12.8 Å². The Morgan fingerprint density at radius 2 is 2.10 bits per heavy atom. The highest BCUT2D eigenvalue weighted by Gasteiger charge is 2.35. The van der Waals surface area contributed by atoms with Crippen molar-refractivity contribution < 1.29 is 23.9 Å². The molecule has 0 aromatic heterocycles. The van der Waals surface area contributed by atoms with Gasteiger partial charge in [0, 0.05) is 19.5 Å². The lowest BCUT2D eigenvalue weighted by atomic mass is 10.1. The SMILES string of the molecule is O=C(O)CCNC(=O)C1CC(=O)N(c2ccccc2F)C1. The van der Waals surface area contributed by atoms with Crippen LogP contribution in [0.5, 0.6) is 0 Å². The number of carboxylic acids is 1. The molecule has 6 nitrogen and oxygen atoms in total. The van der Waals surface area contributed by atoms with Crippen LogP contribution in [0.1, 0.15) is 12.8 Å². The van der Waals surface area contributed by atoms with Gasteiger partial charge in [-0.2, -0.15) is 0 Å². The minimum Gasteiger partial charge on any atom is -0.481 e. The minimum absolute atomic E-state index is 0.00671. The lowest BCUT2D eigenvalue weighted by Crippen LogP contribution is -2.34. The quantitative estimate of drug-likeness (QED) is 0.839. The summed E-state index contributed by atoms with van der Waals surface area (Å²) in [6.45, 7) is 0.108. The minimum atomic E-state index is -1.01. The Bertz CT molecular complexity index is 576. The van der Waals surface area contributed by atoms with Crippen LogP contribution in [-0.2, 0) is 14.4 Å². The summed E-state index contributed by atoms with van der Waals surface area (Å²) in [5.41, 5.74) is 0.156. The number of halogens is 1. The molecule has 0 bridgehead atoms. The van der Waals surface area contributed by atoms with Gasteiger partial charge in [-0.25, -0.2) is 4.39 Å². The average molecular weight is 294 g/mol. The number of carboxylic acid groups (broad SMARTS) is 1. The summed E-state index contributed by atoms with van der Waals surface area (Å²) in [7, 11) is 0. The number of para-hydroxylation sites is 1. The van der Waals surface area contributed by atoms with Crippen LogP contribution in [0, 0.1) is 11.7 Å². The molecule has 1 fully saturated rings. The molecule has 1 atom stereocenters. The molecule has 1 heterocycles. The highest BCUT2D eigenvalue weighted by Crippen LogP contribution is 2.27. The van der Waals surface area contributed by atoms with Gasteiger partial charge in [0.05, 0.1) is 18.0 Å². The maximum absolute atomic E-state index is 13.7. The van der Waals surface area contributed by atoms with E-state index >= 15 is 0 Å². The Kier molecular flexibility index (Phi) is 4.52. The van der Waals surface area contributed by atoms with Gasteiger partial charge in [-0.1, -0.05) is 12.1 Å². The Hall–Kier alpha value is -2.44. The molecule has 1 saturated heterocycles. The molecular formula is C14H15FN2O4. The second-order valence-electron chi connectivity index (χ2n) is 4.79. The first-order valence-corrected chi connectivity index (χ1v) is 6.53. The number of anilines is 1. The predicted molar refractivity (Wildman–Crippen MR) is 72.1 cm³/mol. The monoisotopic (exact) mass is 294 g/mol. The molecular weight excluding hydrogens is 279 g/mol. The number of aliphatic carboxylic acids is 1. The first-order chi connectivity index (χ1) is 9.99. The molecule has 0 aliphatic carbocycles. The molecule has 2 rings (SSSR count). The lowest BCUT2D eigenvalue weighted by molar-refractivity contribution is -0.137. The van der Waals surface area contributed by atoms with Gasteiger partial charge in [0.1, 0.15) is 5.82 Å². The number of benzene rings is 1. The third kappa shape index (κ3) is 3.56. The van der Waals surface area contributed by atoms with Crippen molar-refractivity contribution >= 4 is 23.5 Å². The molecule has 0 spiro atoms. The van der Waals surface area contributed by atoms with E-state index in [9.17, 15) is 18.8 Å². The van der Waals surface area contributed by atoms with E-state index in [1.807, 2.05) is 0 Å². The summed E-state index contributed by atoms with van der Waals surface area (Å²) in [6, 6.07) is 5.88. The number of hydrogen-bond donors (Lipinski definition) is 2. The summed E-state index contributed by atoms with van der Waals surface area (Å²) in [4.78, 5) is 35.4. The first kappa shape index (κ1) is 15.0. The molecule has 0 saturated carbocycles. The van der Waals surface area contributed by atoms with Crippen molar-refractivity contribution in [3.05, 3.63) is 30.1 Å². The van der Waals surface area contributed by atoms with Crippen molar-refractivity contribution in [2.75, 3.05) is 18.0 Å². The summed E-state index contributed by atoms with van der Waals surface area (Å²) in [6.07, 6.45) is -0.184. The highest BCUT2D eigenvalue weighted by molar-refractivity contribution is 6.00. The normalized spacial score (nSPS) is 17.9. The molecule has 1 aliphatic heterocycles. The van der Waals surface area contributed by atoms with Gasteiger partial charge < -0.3 is 15.3 Å². The molecule has 1 aliphatic rings. The predicted octanol–water partition coefficient (Wildman–Crippen LogP) is 0.770. The van der Waals surface area contributed by atoms with Crippen LogP contribution in [0.4, 0.5) is 10.1 Å². The lowest BCUT2D eigenvalue weighted by Gasteiger charge is -2.17. The third-order valence-corrected chi connectivity index (χ3v) is 3.28. The Labute approximate surface area is 120 Å². The first-order valence-electron chi connectivity index (χ1n) is 6.53. The maximum Gasteiger partial charge on any atom is 0.305 e. The zero-order chi connectivity index (χ0) is 15.4. The van der Waals surface area contributed by atoms with E-state index in [-0.39, 0.29) is 43.4 Å². The van der Waals surface area contributed by atoms with E-state index < -0.39 is 17.7 Å². The van der Waals surface area contributed by atoms with E-state index in [0.29, 0.717) is 0 Å². The zero-order valence-corrected chi connectivity index (χ0v) is 11.2. The summed E-state index contributed by atoms with van der Waals surface area (Å²) in [5, 5.41) is 11.0.